The van der Waals surface area contributed by atoms with Crippen molar-refractivity contribution >= 4 is 5.90 Å². The average molecular weight is 383 g/mol. The smallest absolute Gasteiger partial charge is 0.258 e. The van der Waals surface area contributed by atoms with Crippen LogP contribution in [-0.2, 0) is 13.0 Å². The quantitative estimate of drug-likeness (QED) is 0.738. The zero-order valence-electron chi connectivity index (χ0n) is 16.1. The molecular formula is C24H21N3O2. The van der Waals surface area contributed by atoms with Crippen molar-refractivity contribution in [2.24, 2.45) is 5.92 Å². The third-order valence-electron chi connectivity index (χ3n) is 5.40. The number of aromatic nitrogens is 1. The average Bonchev–Trinajstić information content (AvgIpc) is 2.72. The van der Waals surface area contributed by atoms with Crippen LogP contribution in [0.4, 0.5) is 0 Å². The Morgan fingerprint density at radius 2 is 1.69 bits per heavy atom. The Morgan fingerprint density at radius 1 is 1.07 bits per heavy atom. The molecule has 1 N–H and O–H groups in total. The Hall–Kier alpha value is -3.65. The third-order valence-corrected chi connectivity index (χ3v) is 5.40. The molecule has 144 valence electrons. The number of pyridine rings is 1. The van der Waals surface area contributed by atoms with Crippen LogP contribution in [-0.4, -0.2) is 10.5 Å². The van der Waals surface area contributed by atoms with Crippen LogP contribution >= 0.6 is 0 Å². The third kappa shape index (κ3) is 3.57. The molecule has 0 radical (unpaired) electrons. The van der Waals surface area contributed by atoms with Crippen molar-refractivity contribution in [3.63, 3.8) is 0 Å². The fraction of sp³-hybridized carbons (Fsp3) is 0.208. The minimum atomic E-state index is -0.789. The van der Waals surface area contributed by atoms with Gasteiger partial charge in [-0.3, -0.25) is 10.2 Å². The Bertz CT molecular complexity index is 1140. The zero-order valence-corrected chi connectivity index (χ0v) is 16.1. The van der Waals surface area contributed by atoms with E-state index >= 15 is 0 Å². The number of fused-ring (bicyclic) bond motifs is 1. The lowest BCUT2D eigenvalue weighted by Crippen LogP contribution is -2.38. The Kier molecular flexibility index (Phi) is 5.01. The van der Waals surface area contributed by atoms with Gasteiger partial charge in [0.05, 0.1) is 18.2 Å². The van der Waals surface area contributed by atoms with Crippen LogP contribution in [0.25, 0.3) is 0 Å². The van der Waals surface area contributed by atoms with Gasteiger partial charge in [0, 0.05) is 17.7 Å². The first-order valence-corrected chi connectivity index (χ1v) is 9.56. The second kappa shape index (κ2) is 7.76. The van der Waals surface area contributed by atoms with Crippen molar-refractivity contribution in [3.8, 4) is 11.8 Å². The first-order chi connectivity index (χ1) is 14.1. The van der Waals surface area contributed by atoms with Crippen LogP contribution < -0.4 is 10.3 Å². The van der Waals surface area contributed by atoms with Crippen molar-refractivity contribution in [2.45, 2.75) is 25.8 Å². The number of hydrogen-bond donors (Lipinski definition) is 1. The summed E-state index contributed by atoms with van der Waals surface area (Å²) in [6.45, 7) is 2.31. The molecule has 2 heterocycles. The molecular weight excluding hydrogens is 362 g/mol. The number of ether oxygens (including phenoxy) is 1. The maximum atomic E-state index is 13.5. The summed E-state index contributed by atoms with van der Waals surface area (Å²) < 4.78 is 7.34. The number of aryl methyl sites for hydroxylation is 1. The van der Waals surface area contributed by atoms with E-state index in [1.807, 2.05) is 67.6 Å². The van der Waals surface area contributed by atoms with Gasteiger partial charge >= 0.3 is 0 Å². The molecule has 0 aliphatic carbocycles. The van der Waals surface area contributed by atoms with E-state index in [4.69, 9.17) is 10.1 Å². The molecule has 2 aromatic carbocycles. The van der Waals surface area contributed by atoms with Gasteiger partial charge in [-0.25, -0.2) is 0 Å². The normalized spacial score (nSPS) is 17.9. The van der Waals surface area contributed by atoms with Crippen molar-refractivity contribution in [1.82, 2.24) is 4.57 Å². The highest BCUT2D eigenvalue weighted by Gasteiger charge is 2.38. The number of hydrogen-bond acceptors (Lipinski definition) is 4. The Morgan fingerprint density at radius 3 is 2.31 bits per heavy atom. The number of nitrogens with zero attached hydrogens (tertiary/aromatic N) is 2. The fourth-order valence-corrected chi connectivity index (χ4v) is 3.91. The van der Waals surface area contributed by atoms with Crippen molar-refractivity contribution < 1.29 is 4.74 Å². The molecule has 1 aliphatic rings. The molecule has 3 aromatic rings. The highest BCUT2D eigenvalue weighted by molar-refractivity contribution is 5.84. The molecule has 5 heteroatoms. The molecule has 0 saturated heterocycles. The molecule has 0 saturated carbocycles. The number of rotatable bonds is 4. The molecule has 5 nitrogen and oxygen atoms in total. The molecule has 0 amide bonds. The van der Waals surface area contributed by atoms with Crippen LogP contribution in [0.15, 0.2) is 71.5 Å². The van der Waals surface area contributed by atoms with Crippen LogP contribution in [0.2, 0.25) is 0 Å². The minimum absolute atomic E-state index is 0.0967. The van der Waals surface area contributed by atoms with Gasteiger partial charge in [-0.1, -0.05) is 60.7 Å². The van der Waals surface area contributed by atoms with Gasteiger partial charge in [-0.2, -0.15) is 5.26 Å². The van der Waals surface area contributed by atoms with E-state index in [1.54, 1.807) is 10.6 Å². The second-order valence-electron chi connectivity index (χ2n) is 7.31. The SMILES string of the molecule is Cc1cc2c(c(=O)n1Cc1ccccc1)[C@H](Cc1ccccc1)C(C#N)C(=N)O2. The highest BCUT2D eigenvalue weighted by Crippen LogP contribution is 2.38. The number of benzene rings is 2. The Labute approximate surface area is 169 Å². The van der Waals surface area contributed by atoms with Crippen LogP contribution in [0, 0.1) is 29.6 Å². The van der Waals surface area contributed by atoms with E-state index in [0.717, 1.165) is 16.8 Å². The molecule has 2 atom stereocenters. The van der Waals surface area contributed by atoms with Crippen molar-refractivity contribution in [1.29, 1.82) is 10.7 Å². The summed E-state index contributed by atoms with van der Waals surface area (Å²) >= 11 is 0. The van der Waals surface area contributed by atoms with Gasteiger partial charge in [-0.05, 0) is 24.5 Å². The summed E-state index contributed by atoms with van der Waals surface area (Å²) in [5, 5.41) is 17.9. The summed E-state index contributed by atoms with van der Waals surface area (Å²) in [4.78, 5) is 13.5. The van der Waals surface area contributed by atoms with Gasteiger partial charge in [-0.15, -0.1) is 0 Å². The molecule has 4 rings (SSSR count). The predicted octanol–water partition coefficient (Wildman–Crippen LogP) is 4.04. The summed E-state index contributed by atoms with van der Waals surface area (Å²) in [6, 6.07) is 23.5. The van der Waals surface area contributed by atoms with E-state index in [1.165, 1.54) is 0 Å². The van der Waals surface area contributed by atoms with E-state index in [2.05, 4.69) is 6.07 Å². The van der Waals surface area contributed by atoms with Gasteiger partial charge in [0.15, 0.2) is 0 Å². The standard InChI is InChI=1S/C24H21N3O2/c1-16-12-21-22(24(28)27(16)15-18-10-6-3-7-11-18)19(20(14-25)23(26)29-21)13-17-8-4-2-5-9-17/h2-12,19-20,26H,13,15H2,1H3/t19-,20?/m1/s1. The zero-order chi connectivity index (χ0) is 20.4. The lowest BCUT2D eigenvalue weighted by molar-refractivity contribution is 0.418. The lowest BCUT2D eigenvalue weighted by Gasteiger charge is -2.30. The van der Waals surface area contributed by atoms with Crippen LogP contribution in [0.5, 0.6) is 5.75 Å². The largest absolute Gasteiger partial charge is 0.442 e. The Balaban J connectivity index is 1.83. The van der Waals surface area contributed by atoms with E-state index < -0.39 is 11.8 Å². The van der Waals surface area contributed by atoms with E-state index in [9.17, 15) is 10.1 Å². The molecule has 1 aliphatic heterocycles. The van der Waals surface area contributed by atoms with Crippen LogP contribution in [0.3, 0.4) is 0 Å². The monoisotopic (exact) mass is 383 g/mol. The van der Waals surface area contributed by atoms with E-state index in [-0.39, 0.29) is 11.5 Å². The summed E-state index contributed by atoms with van der Waals surface area (Å²) in [6.07, 6.45) is 0.501. The van der Waals surface area contributed by atoms with Crippen LogP contribution in [0.1, 0.15) is 28.3 Å². The van der Waals surface area contributed by atoms with Gasteiger partial charge in [0.1, 0.15) is 11.7 Å². The highest BCUT2D eigenvalue weighted by atomic mass is 16.5. The maximum Gasteiger partial charge on any atom is 0.258 e. The molecule has 0 spiro atoms. The molecule has 0 bridgehead atoms. The van der Waals surface area contributed by atoms with Gasteiger partial charge in [0.2, 0.25) is 5.90 Å². The first kappa shape index (κ1) is 18.7. The summed E-state index contributed by atoms with van der Waals surface area (Å²) in [7, 11) is 0. The molecule has 1 unspecified atom stereocenters. The van der Waals surface area contributed by atoms with Gasteiger partial charge < -0.3 is 9.30 Å². The molecule has 29 heavy (non-hydrogen) atoms. The number of nitriles is 1. The summed E-state index contributed by atoms with van der Waals surface area (Å²) in [5.41, 5.74) is 3.14. The topological polar surface area (TPSA) is 78.9 Å². The molecule has 1 aromatic heterocycles. The number of nitrogens with one attached hydrogen (secondary N) is 1. The maximum absolute atomic E-state index is 13.5. The molecule has 0 fully saturated rings. The summed E-state index contributed by atoms with van der Waals surface area (Å²) in [5.74, 6) is -0.910. The lowest BCUT2D eigenvalue weighted by atomic mass is 9.80. The van der Waals surface area contributed by atoms with Crippen molar-refractivity contribution in [2.75, 3.05) is 0 Å². The fourth-order valence-electron chi connectivity index (χ4n) is 3.91. The van der Waals surface area contributed by atoms with E-state index in [0.29, 0.717) is 24.3 Å². The van der Waals surface area contributed by atoms with Gasteiger partial charge in [0.25, 0.3) is 5.56 Å². The minimum Gasteiger partial charge on any atom is -0.442 e. The first-order valence-electron chi connectivity index (χ1n) is 9.56. The predicted molar refractivity (Wildman–Crippen MR) is 111 cm³/mol. The van der Waals surface area contributed by atoms with Crippen molar-refractivity contribution in [3.05, 3.63) is 99.5 Å². The second-order valence-corrected chi connectivity index (χ2v) is 7.31.